The molecule has 1 unspecified atom stereocenters. The second kappa shape index (κ2) is 10.7. The molecule has 1 atom stereocenters. The summed E-state index contributed by atoms with van der Waals surface area (Å²) in [6, 6.07) is 9.22. The summed E-state index contributed by atoms with van der Waals surface area (Å²) in [5, 5.41) is 2.46. The fourth-order valence-corrected chi connectivity index (χ4v) is 3.01. The minimum absolute atomic E-state index is 0.00778. The normalized spacial score (nSPS) is 17.1. The number of piperidine rings is 1. The monoisotopic (exact) mass is 418 g/mol. The molecule has 1 fully saturated rings. The number of rotatable bonds is 5. The molecule has 8 nitrogen and oxygen atoms in total. The number of likely N-dealkylation sites (tertiary alicyclic amines) is 1. The van der Waals surface area contributed by atoms with E-state index in [0.717, 1.165) is 18.4 Å². The van der Waals surface area contributed by atoms with Crippen LogP contribution >= 0.6 is 0 Å². The second-order valence-corrected chi connectivity index (χ2v) is 8.09. The van der Waals surface area contributed by atoms with E-state index in [1.807, 2.05) is 51.1 Å². The van der Waals surface area contributed by atoms with Gasteiger partial charge in [0.15, 0.2) is 0 Å². The van der Waals surface area contributed by atoms with E-state index < -0.39 is 23.8 Å². The third-order valence-electron chi connectivity index (χ3n) is 4.37. The fraction of sp³-hybridized carbons (Fsp3) is 0.500. The second-order valence-electron chi connectivity index (χ2n) is 8.09. The number of carbonyl (C=O) groups excluding carboxylic acids is 3. The van der Waals surface area contributed by atoms with E-state index in [0.29, 0.717) is 13.1 Å². The van der Waals surface area contributed by atoms with Crippen LogP contribution in [0.4, 0.5) is 9.59 Å². The summed E-state index contributed by atoms with van der Waals surface area (Å²) in [6.45, 7) is 6.48. The summed E-state index contributed by atoms with van der Waals surface area (Å²) >= 11 is 0. The first-order chi connectivity index (χ1) is 14.2. The van der Waals surface area contributed by atoms with Crippen molar-refractivity contribution in [2.45, 2.75) is 45.8 Å². The lowest BCUT2D eigenvalue weighted by atomic mass is 9.97. The first kappa shape index (κ1) is 23.3. The molecule has 164 valence electrons. The van der Waals surface area contributed by atoms with Crippen LogP contribution in [0.5, 0.6) is 0 Å². The Morgan fingerprint density at radius 2 is 1.90 bits per heavy atom. The van der Waals surface area contributed by atoms with Crippen LogP contribution in [-0.2, 0) is 25.6 Å². The Labute approximate surface area is 177 Å². The minimum atomic E-state index is -0.754. The van der Waals surface area contributed by atoms with Gasteiger partial charge in [0, 0.05) is 13.1 Å². The zero-order valence-corrected chi connectivity index (χ0v) is 18.0. The van der Waals surface area contributed by atoms with Gasteiger partial charge in [-0.3, -0.25) is 5.32 Å². The maximum atomic E-state index is 12.3. The topological polar surface area (TPSA) is 94.2 Å². The molecule has 0 radical (unpaired) electrons. The van der Waals surface area contributed by atoms with Crippen LogP contribution < -0.4 is 5.32 Å². The van der Waals surface area contributed by atoms with Crippen LogP contribution in [0, 0.1) is 5.92 Å². The molecule has 1 aromatic carbocycles. The maximum absolute atomic E-state index is 12.3. The van der Waals surface area contributed by atoms with Gasteiger partial charge in [-0.2, -0.15) is 0 Å². The highest BCUT2D eigenvalue weighted by molar-refractivity contribution is 5.92. The highest BCUT2D eigenvalue weighted by atomic mass is 16.6. The van der Waals surface area contributed by atoms with E-state index in [-0.39, 0.29) is 18.2 Å². The van der Waals surface area contributed by atoms with Gasteiger partial charge in [0.05, 0.1) is 7.11 Å². The molecule has 1 aromatic rings. The Kier molecular flexibility index (Phi) is 8.26. The Bertz CT molecular complexity index is 770. The fourth-order valence-electron chi connectivity index (χ4n) is 3.01. The van der Waals surface area contributed by atoms with Gasteiger partial charge in [0.2, 0.25) is 0 Å². The molecule has 8 heteroatoms. The summed E-state index contributed by atoms with van der Waals surface area (Å²) in [4.78, 5) is 38.2. The van der Waals surface area contributed by atoms with Crippen LogP contribution in [0.2, 0.25) is 0 Å². The van der Waals surface area contributed by atoms with Crippen molar-refractivity contribution in [2.75, 3.05) is 20.2 Å². The van der Waals surface area contributed by atoms with E-state index in [9.17, 15) is 14.4 Å². The minimum Gasteiger partial charge on any atom is -0.464 e. The van der Waals surface area contributed by atoms with Crippen LogP contribution in [0.25, 0.3) is 0 Å². The predicted molar refractivity (Wildman–Crippen MR) is 110 cm³/mol. The zero-order chi connectivity index (χ0) is 22.1. The lowest BCUT2D eigenvalue weighted by Crippen LogP contribution is -2.43. The number of ether oxygens (including phenoxy) is 3. The quantitative estimate of drug-likeness (QED) is 0.446. The number of hydrogen-bond donors (Lipinski definition) is 1. The smallest absolute Gasteiger partial charge is 0.412 e. The Morgan fingerprint density at radius 3 is 2.53 bits per heavy atom. The highest BCUT2D eigenvalue weighted by Gasteiger charge is 2.28. The number of nitrogens with one attached hydrogen (secondary N) is 1. The molecule has 1 saturated heterocycles. The molecule has 1 N–H and O–H groups in total. The summed E-state index contributed by atoms with van der Waals surface area (Å²) in [5.74, 6) is -0.809. The lowest BCUT2D eigenvalue weighted by Gasteiger charge is -2.33. The predicted octanol–water partition coefficient (Wildman–Crippen LogP) is 3.62. The molecule has 0 spiro atoms. The SMILES string of the molecule is COC(=O)C(=CC1CCCN(C(=O)OC(C)(C)C)C1)NC(=O)OCc1ccccc1. The molecule has 1 heterocycles. The molecule has 1 aliphatic heterocycles. The van der Waals surface area contributed by atoms with Crippen molar-refractivity contribution < 1.29 is 28.6 Å². The van der Waals surface area contributed by atoms with E-state index >= 15 is 0 Å². The average molecular weight is 418 g/mol. The lowest BCUT2D eigenvalue weighted by molar-refractivity contribution is -0.136. The van der Waals surface area contributed by atoms with Crippen molar-refractivity contribution in [2.24, 2.45) is 5.92 Å². The van der Waals surface area contributed by atoms with Gasteiger partial charge >= 0.3 is 18.2 Å². The molecule has 0 aromatic heterocycles. The van der Waals surface area contributed by atoms with Crippen molar-refractivity contribution in [3.63, 3.8) is 0 Å². The number of alkyl carbamates (subject to hydrolysis) is 1. The first-order valence-electron chi connectivity index (χ1n) is 9.93. The van der Waals surface area contributed by atoms with Gasteiger partial charge in [-0.1, -0.05) is 30.3 Å². The number of hydrogen-bond acceptors (Lipinski definition) is 6. The van der Waals surface area contributed by atoms with Gasteiger partial charge < -0.3 is 19.1 Å². The van der Waals surface area contributed by atoms with Crippen molar-refractivity contribution in [3.8, 4) is 0 Å². The summed E-state index contributed by atoms with van der Waals surface area (Å²) in [7, 11) is 1.24. The molecule has 2 rings (SSSR count). The molecule has 30 heavy (non-hydrogen) atoms. The molecule has 2 amide bonds. The molecular formula is C22H30N2O6. The molecule has 0 saturated carbocycles. The average Bonchev–Trinajstić information content (AvgIpc) is 2.71. The van der Waals surface area contributed by atoms with Crippen molar-refractivity contribution in [1.29, 1.82) is 0 Å². The molecule has 0 bridgehead atoms. The van der Waals surface area contributed by atoms with Gasteiger partial charge in [-0.15, -0.1) is 0 Å². The van der Waals surface area contributed by atoms with Crippen LogP contribution in [-0.4, -0.2) is 48.9 Å². The Hall–Kier alpha value is -3.03. The van der Waals surface area contributed by atoms with E-state index in [4.69, 9.17) is 14.2 Å². The van der Waals surface area contributed by atoms with Crippen molar-refractivity contribution in [1.82, 2.24) is 10.2 Å². The van der Waals surface area contributed by atoms with E-state index in [1.165, 1.54) is 7.11 Å². The third-order valence-corrected chi connectivity index (χ3v) is 4.37. The van der Waals surface area contributed by atoms with Gasteiger partial charge in [0.25, 0.3) is 0 Å². The number of esters is 1. The summed E-state index contributed by atoms with van der Waals surface area (Å²) < 4.78 is 15.4. The van der Waals surface area contributed by atoms with Crippen LogP contribution in [0.3, 0.4) is 0 Å². The van der Waals surface area contributed by atoms with Crippen LogP contribution in [0.15, 0.2) is 42.1 Å². The van der Waals surface area contributed by atoms with Crippen molar-refractivity contribution in [3.05, 3.63) is 47.7 Å². The maximum Gasteiger partial charge on any atom is 0.412 e. The number of carbonyl (C=O) groups is 3. The number of amides is 2. The standard InChI is InChI=1S/C22H30N2O6/c1-22(2,3)30-21(27)24-12-8-11-17(14-24)13-18(19(25)28-4)23-20(26)29-15-16-9-6-5-7-10-16/h5-7,9-10,13,17H,8,11-12,14-15H2,1-4H3,(H,23,26). The summed E-state index contributed by atoms with van der Waals surface area (Å²) in [5.41, 5.74) is 0.240. The first-order valence-corrected chi connectivity index (χ1v) is 9.93. The van der Waals surface area contributed by atoms with E-state index in [1.54, 1.807) is 11.0 Å². The molecular weight excluding hydrogens is 388 g/mol. The third kappa shape index (κ3) is 7.77. The van der Waals surface area contributed by atoms with Crippen molar-refractivity contribution >= 4 is 18.2 Å². The largest absolute Gasteiger partial charge is 0.464 e. The number of benzene rings is 1. The van der Waals surface area contributed by atoms with Gasteiger partial charge in [-0.05, 0) is 51.2 Å². The zero-order valence-electron chi connectivity index (χ0n) is 18.0. The highest BCUT2D eigenvalue weighted by Crippen LogP contribution is 2.21. The number of methoxy groups -OCH3 is 1. The molecule has 1 aliphatic rings. The Morgan fingerprint density at radius 1 is 1.20 bits per heavy atom. The Balaban J connectivity index is 2.00. The summed E-state index contributed by atoms with van der Waals surface area (Å²) in [6.07, 6.45) is 1.99. The van der Waals surface area contributed by atoms with Gasteiger partial charge in [0.1, 0.15) is 17.9 Å². The van der Waals surface area contributed by atoms with Crippen LogP contribution in [0.1, 0.15) is 39.2 Å². The van der Waals surface area contributed by atoms with Gasteiger partial charge in [-0.25, -0.2) is 14.4 Å². The van der Waals surface area contributed by atoms with E-state index in [2.05, 4.69) is 5.32 Å². The molecule has 0 aliphatic carbocycles. The number of nitrogens with zero attached hydrogens (tertiary/aromatic N) is 1.